The van der Waals surface area contributed by atoms with Crippen LogP contribution < -0.4 is 5.32 Å². The average molecular weight is 288 g/mol. The molecule has 0 fully saturated rings. The minimum Gasteiger partial charge on any atom is -0.468 e. The molecule has 0 bridgehead atoms. The maximum absolute atomic E-state index is 11.8. The topological polar surface area (TPSA) is 38.3 Å². The summed E-state index contributed by atoms with van der Waals surface area (Å²) in [5.74, 6) is 0.00961. The van der Waals surface area contributed by atoms with Crippen molar-refractivity contribution in [1.29, 1.82) is 0 Å². The van der Waals surface area contributed by atoms with Gasteiger partial charge in [-0.25, -0.2) is 0 Å². The van der Waals surface area contributed by atoms with Crippen LogP contribution in [0.15, 0.2) is 6.07 Å². The van der Waals surface area contributed by atoms with Gasteiger partial charge in [0.2, 0.25) is 0 Å². The Kier molecular flexibility index (Phi) is 4.30. The third-order valence-corrected chi connectivity index (χ3v) is 4.69. The highest BCUT2D eigenvalue weighted by Crippen LogP contribution is 2.39. The largest absolute Gasteiger partial charge is 0.468 e. The molecule has 1 aromatic rings. The molecule has 5 heteroatoms. The van der Waals surface area contributed by atoms with E-state index in [0.717, 1.165) is 17.2 Å². The lowest BCUT2D eigenvalue weighted by Crippen LogP contribution is -2.43. The normalized spacial score (nSPS) is 19.9. The van der Waals surface area contributed by atoms with E-state index in [-0.39, 0.29) is 24.0 Å². The zero-order valence-electron chi connectivity index (χ0n) is 10.8. The average Bonchev–Trinajstić information content (AvgIpc) is 2.84. The van der Waals surface area contributed by atoms with Gasteiger partial charge < -0.3 is 4.74 Å². The van der Waals surface area contributed by atoms with E-state index in [2.05, 4.69) is 5.32 Å². The van der Waals surface area contributed by atoms with Crippen LogP contribution in [-0.2, 0) is 16.0 Å². The third-order valence-electron chi connectivity index (χ3n) is 3.35. The monoisotopic (exact) mass is 287 g/mol. The van der Waals surface area contributed by atoms with Gasteiger partial charge in [-0.15, -0.1) is 11.3 Å². The van der Waals surface area contributed by atoms with Crippen LogP contribution in [0.1, 0.15) is 36.8 Å². The van der Waals surface area contributed by atoms with Crippen LogP contribution in [-0.4, -0.2) is 19.1 Å². The number of carbonyl (C=O) groups excluding carboxylic acids is 1. The summed E-state index contributed by atoms with van der Waals surface area (Å²) in [5.41, 5.74) is 1.25. The third kappa shape index (κ3) is 2.71. The second-order valence-corrected chi connectivity index (χ2v) is 6.70. The summed E-state index contributed by atoms with van der Waals surface area (Å²) < 4.78 is 5.68. The van der Waals surface area contributed by atoms with E-state index in [4.69, 9.17) is 16.3 Å². The van der Waals surface area contributed by atoms with Gasteiger partial charge >= 0.3 is 5.97 Å². The maximum atomic E-state index is 11.8. The fourth-order valence-electron chi connectivity index (χ4n) is 2.38. The lowest BCUT2D eigenvalue weighted by Gasteiger charge is -2.24. The molecule has 100 valence electrons. The predicted molar refractivity (Wildman–Crippen MR) is 74.2 cm³/mol. The Morgan fingerprint density at radius 3 is 2.94 bits per heavy atom. The molecule has 2 atom stereocenters. The van der Waals surface area contributed by atoms with Crippen LogP contribution in [0.4, 0.5) is 0 Å². The first-order valence-electron chi connectivity index (χ1n) is 6.15. The van der Waals surface area contributed by atoms with Gasteiger partial charge in [-0.2, -0.15) is 0 Å². The summed E-state index contributed by atoms with van der Waals surface area (Å²) >= 11 is 7.67. The standard InChI is InChI=1S/C13H18ClNO2S/c1-7(2)12(13(16)17-3)15-9-4-5-10-8(9)6-11(14)18-10/h6-7,9,12,15H,4-5H2,1-3H3/t9?,12-/m0/s1. The Balaban J connectivity index is 2.11. The second kappa shape index (κ2) is 5.59. The van der Waals surface area contributed by atoms with Gasteiger partial charge in [-0.3, -0.25) is 10.1 Å². The highest BCUT2D eigenvalue weighted by atomic mass is 35.5. The molecule has 0 saturated heterocycles. The molecule has 1 unspecified atom stereocenters. The highest BCUT2D eigenvalue weighted by Gasteiger charge is 2.31. The fourth-order valence-corrected chi connectivity index (χ4v) is 3.74. The van der Waals surface area contributed by atoms with Crippen LogP contribution in [0.3, 0.4) is 0 Å². The zero-order valence-corrected chi connectivity index (χ0v) is 12.4. The maximum Gasteiger partial charge on any atom is 0.323 e. The SMILES string of the molecule is COC(=O)[C@@H](NC1CCc2sc(Cl)cc21)C(C)C. The Hall–Kier alpha value is -0.580. The number of thiophene rings is 1. The van der Waals surface area contributed by atoms with Crippen molar-refractivity contribution in [2.75, 3.05) is 7.11 Å². The molecule has 0 aliphatic heterocycles. The molecule has 1 heterocycles. The Morgan fingerprint density at radius 1 is 1.61 bits per heavy atom. The number of hydrogen-bond donors (Lipinski definition) is 1. The first kappa shape index (κ1) is 13.8. The van der Waals surface area contributed by atoms with Gasteiger partial charge in [0.25, 0.3) is 0 Å². The lowest BCUT2D eigenvalue weighted by atomic mass is 10.0. The summed E-state index contributed by atoms with van der Waals surface area (Å²) in [5, 5.41) is 3.41. The molecule has 0 saturated carbocycles. The number of esters is 1. The second-order valence-electron chi connectivity index (χ2n) is 4.93. The number of nitrogens with one attached hydrogen (secondary N) is 1. The van der Waals surface area contributed by atoms with Crippen LogP contribution in [0.2, 0.25) is 4.34 Å². The number of methoxy groups -OCH3 is 1. The van der Waals surface area contributed by atoms with Crippen LogP contribution >= 0.6 is 22.9 Å². The Morgan fingerprint density at radius 2 is 2.33 bits per heavy atom. The van der Waals surface area contributed by atoms with Gasteiger partial charge in [0, 0.05) is 10.9 Å². The molecule has 1 aliphatic carbocycles. The Labute approximate surface area is 116 Å². The van der Waals surface area contributed by atoms with Gasteiger partial charge in [0.1, 0.15) is 6.04 Å². The number of carbonyl (C=O) groups is 1. The number of ether oxygens (including phenoxy) is 1. The molecule has 2 rings (SSSR count). The predicted octanol–water partition coefficient (Wildman–Crippen LogP) is 3.18. The molecule has 0 spiro atoms. The minimum atomic E-state index is -0.260. The first-order valence-corrected chi connectivity index (χ1v) is 7.34. The van der Waals surface area contributed by atoms with Crippen LogP contribution in [0, 0.1) is 5.92 Å². The number of hydrogen-bond acceptors (Lipinski definition) is 4. The Bertz CT molecular complexity index is 444. The summed E-state index contributed by atoms with van der Waals surface area (Å²) in [6.45, 7) is 4.04. The summed E-state index contributed by atoms with van der Waals surface area (Å²) in [6, 6.07) is 1.97. The van der Waals surface area contributed by atoms with Crippen molar-refractivity contribution in [1.82, 2.24) is 5.32 Å². The van der Waals surface area contributed by atoms with E-state index >= 15 is 0 Å². The molecule has 18 heavy (non-hydrogen) atoms. The van der Waals surface area contributed by atoms with E-state index in [1.165, 1.54) is 17.6 Å². The van der Waals surface area contributed by atoms with Crippen molar-refractivity contribution in [3.8, 4) is 0 Å². The quantitative estimate of drug-likeness (QED) is 0.865. The van der Waals surface area contributed by atoms with Gasteiger partial charge in [-0.05, 0) is 30.4 Å². The highest BCUT2D eigenvalue weighted by molar-refractivity contribution is 7.16. The van der Waals surface area contributed by atoms with E-state index < -0.39 is 0 Å². The van der Waals surface area contributed by atoms with Crippen LogP contribution in [0.5, 0.6) is 0 Å². The zero-order chi connectivity index (χ0) is 13.3. The van der Waals surface area contributed by atoms with Gasteiger partial charge in [-0.1, -0.05) is 25.4 Å². The number of fused-ring (bicyclic) bond motifs is 1. The molecule has 0 radical (unpaired) electrons. The van der Waals surface area contributed by atoms with E-state index in [1.807, 2.05) is 19.9 Å². The molecular formula is C13H18ClNO2S. The summed E-state index contributed by atoms with van der Waals surface area (Å²) in [7, 11) is 1.43. The summed E-state index contributed by atoms with van der Waals surface area (Å²) in [6.07, 6.45) is 2.06. The van der Waals surface area contributed by atoms with Gasteiger partial charge in [0.15, 0.2) is 0 Å². The van der Waals surface area contributed by atoms with Crippen molar-refractivity contribution in [2.45, 2.75) is 38.8 Å². The molecule has 1 aliphatic rings. The van der Waals surface area contributed by atoms with Gasteiger partial charge in [0.05, 0.1) is 11.4 Å². The first-order chi connectivity index (χ1) is 8.52. The van der Waals surface area contributed by atoms with Crippen molar-refractivity contribution in [3.05, 3.63) is 20.8 Å². The summed E-state index contributed by atoms with van der Waals surface area (Å²) in [4.78, 5) is 13.1. The van der Waals surface area contributed by atoms with E-state index in [1.54, 1.807) is 11.3 Å². The molecule has 0 amide bonds. The number of aryl methyl sites for hydroxylation is 1. The molecule has 0 aromatic carbocycles. The van der Waals surface area contributed by atoms with Crippen molar-refractivity contribution in [3.63, 3.8) is 0 Å². The number of rotatable bonds is 4. The molecule has 3 nitrogen and oxygen atoms in total. The number of halogens is 1. The van der Waals surface area contributed by atoms with E-state index in [9.17, 15) is 4.79 Å². The van der Waals surface area contributed by atoms with Crippen molar-refractivity contribution >= 4 is 28.9 Å². The molecular weight excluding hydrogens is 270 g/mol. The fraction of sp³-hybridized carbons (Fsp3) is 0.615. The lowest BCUT2D eigenvalue weighted by molar-refractivity contribution is -0.144. The van der Waals surface area contributed by atoms with Crippen molar-refractivity contribution in [2.24, 2.45) is 5.92 Å². The minimum absolute atomic E-state index is 0.195. The molecule has 1 aromatic heterocycles. The molecule has 1 N–H and O–H groups in total. The van der Waals surface area contributed by atoms with Crippen molar-refractivity contribution < 1.29 is 9.53 Å². The van der Waals surface area contributed by atoms with Crippen LogP contribution in [0.25, 0.3) is 0 Å². The smallest absolute Gasteiger partial charge is 0.323 e. The van der Waals surface area contributed by atoms with E-state index in [0.29, 0.717) is 0 Å².